The Hall–Kier alpha value is -1.56. The molecule has 1 saturated heterocycles. The number of hydrogen-bond donors (Lipinski definition) is 1. The zero-order valence-electron chi connectivity index (χ0n) is 11.8. The van der Waals surface area contributed by atoms with E-state index >= 15 is 0 Å². The first kappa shape index (κ1) is 14.8. The van der Waals surface area contributed by atoms with Gasteiger partial charge in [-0.2, -0.15) is 0 Å². The van der Waals surface area contributed by atoms with Crippen LogP contribution in [0.2, 0.25) is 0 Å². The van der Waals surface area contributed by atoms with E-state index in [1.807, 2.05) is 6.92 Å². The summed E-state index contributed by atoms with van der Waals surface area (Å²) in [6, 6.07) is 5.90. The minimum absolute atomic E-state index is 0.113. The van der Waals surface area contributed by atoms with E-state index in [0.717, 1.165) is 18.4 Å². The number of sulfonamides is 1. The van der Waals surface area contributed by atoms with Crippen LogP contribution in [0.1, 0.15) is 25.3 Å². The van der Waals surface area contributed by atoms with Crippen molar-refractivity contribution in [3.63, 3.8) is 0 Å². The molecule has 2 rings (SSSR count). The lowest BCUT2D eigenvalue weighted by Crippen LogP contribution is -2.46. The van der Waals surface area contributed by atoms with Gasteiger partial charge in [0.2, 0.25) is 0 Å². The fourth-order valence-electron chi connectivity index (χ4n) is 2.33. The first-order valence-electron chi connectivity index (χ1n) is 6.77. The molecule has 110 valence electrons. The average molecular weight is 296 g/mol. The summed E-state index contributed by atoms with van der Waals surface area (Å²) >= 11 is 0. The Morgan fingerprint density at radius 2 is 1.95 bits per heavy atom. The number of hydrogen-bond acceptors (Lipinski definition) is 3. The van der Waals surface area contributed by atoms with Gasteiger partial charge in [0.05, 0.1) is 4.90 Å². The van der Waals surface area contributed by atoms with Crippen molar-refractivity contribution in [2.75, 3.05) is 13.1 Å². The first-order chi connectivity index (χ1) is 9.38. The van der Waals surface area contributed by atoms with Crippen LogP contribution in [0.4, 0.5) is 4.79 Å². The zero-order valence-corrected chi connectivity index (χ0v) is 12.6. The van der Waals surface area contributed by atoms with Crippen LogP contribution in [0.15, 0.2) is 29.2 Å². The fraction of sp³-hybridized carbons (Fsp3) is 0.500. The Labute approximate surface area is 120 Å². The van der Waals surface area contributed by atoms with E-state index in [2.05, 4.69) is 11.6 Å². The van der Waals surface area contributed by atoms with Crippen LogP contribution in [0.3, 0.4) is 0 Å². The summed E-state index contributed by atoms with van der Waals surface area (Å²) in [6.45, 7) is 5.16. The van der Waals surface area contributed by atoms with Gasteiger partial charge < -0.3 is 4.90 Å². The third-order valence-electron chi connectivity index (χ3n) is 3.50. The van der Waals surface area contributed by atoms with Crippen LogP contribution in [0.5, 0.6) is 0 Å². The molecule has 0 aromatic heterocycles. The van der Waals surface area contributed by atoms with E-state index in [9.17, 15) is 13.2 Å². The molecule has 5 nitrogen and oxygen atoms in total. The van der Waals surface area contributed by atoms with Crippen molar-refractivity contribution in [1.29, 1.82) is 0 Å². The molecule has 1 aromatic carbocycles. The molecule has 0 bridgehead atoms. The smallest absolute Gasteiger partial charge is 0.324 e. The lowest BCUT2D eigenvalue weighted by Gasteiger charge is -2.30. The maximum atomic E-state index is 12.1. The number of nitrogens with zero attached hydrogens (tertiary/aromatic N) is 1. The maximum Gasteiger partial charge on any atom is 0.331 e. The summed E-state index contributed by atoms with van der Waals surface area (Å²) in [7, 11) is -3.78. The number of urea groups is 1. The molecule has 1 N–H and O–H groups in total. The predicted molar refractivity (Wildman–Crippen MR) is 76.9 cm³/mol. The molecule has 1 heterocycles. The highest BCUT2D eigenvalue weighted by Gasteiger charge is 2.25. The molecular weight excluding hydrogens is 276 g/mol. The summed E-state index contributed by atoms with van der Waals surface area (Å²) in [6.07, 6.45) is 1.99. The van der Waals surface area contributed by atoms with Gasteiger partial charge in [-0.1, -0.05) is 24.6 Å². The van der Waals surface area contributed by atoms with Crippen LogP contribution in [-0.2, 0) is 10.0 Å². The first-order valence-corrected chi connectivity index (χ1v) is 8.25. The molecule has 0 spiro atoms. The molecule has 1 fully saturated rings. The predicted octanol–water partition coefficient (Wildman–Crippen LogP) is 2.13. The van der Waals surface area contributed by atoms with Gasteiger partial charge in [0.15, 0.2) is 0 Å². The number of amides is 2. The third kappa shape index (κ3) is 3.50. The van der Waals surface area contributed by atoms with Crippen molar-refractivity contribution >= 4 is 16.1 Å². The summed E-state index contributed by atoms with van der Waals surface area (Å²) < 4.78 is 26.4. The number of rotatable bonds is 2. The number of benzene rings is 1. The SMILES string of the molecule is Cc1ccc(S(=O)(=O)NC(=O)N2CCC[C@H](C)C2)cc1. The van der Waals surface area contributed by atoms with E-state index in [0.29, 0.717) is 19.0 Å². The molecule has 1 aliphatic heterocycles. The Morgan fingerprint density at radius 1 is 1.30 bits per heavy atom. The molecule has 2 amide bonds. The van der Waals surface area contributed by atoms with Gasteiger partial charge in [0.25, 0.3) is 10.0 Å². The van der Waals surface area contributed by atoms with Crippen molar-refractivity contribution in [1.82, 2.24) is 9.62 Å². The Morgan fingerprint density at radius 3 is 2.55 bits per heavy atom. The second-order valence-electron chi connectivity index (χ2n) is 5.42. The number of carbonyl (C=O) groups is 1. The van der Waals surface area contributed by atoms with Crippen LogP contribution >= 0.6 is 0 Å². The molecular formula is C14H20N2O3S. The highest BCUT2D eigenvalue weighted by molar-refractivity contribution is 7.90. The number of piperidine rings is 1. The minimum atomic E-state index is -3.78. The summed E-state index contributed by atoms with van der Waals surface area (Å²) in [4.78, 5) is 13.7. The van der Waals surface area contributed by atoms with Gasteiger partial charge in [-0.15, -0.1) is 0 Å². The summed E-state index contributed by atoms with van der Waals surface area (Å²) in [5.41, 5.74) is 0.972. The third-order valence-corrected chi connectivity index (χ3v) is 4.83. The van der Waals surface area contributed by atoms with Gasteiger partial charge >= 0.3 is 6.03 Å². The van der Waals surface area contributed by atoms with Gasteiger partial charge in [-0.25, -0.2) is 17.9 Å². The number of aryl methyl sites for hydroxylation is 1. The molecule has 1 aromatic rings. The van der Waals surface area contributed by atoms with Crippen LogP contribution < -0.4 is 4.72 Å². The van der Waals surface area contributed by atoms with E-state index in [1.165, 1.54) is 12.1 Å². The normalized spacial score (nSPS) is 19.7. The van der Waals surface area contributed by atoms with Crippen LogP contribution in [0, 0.1) is 12.8 Å². The van der Waals surface area contributed by atoms with Gasteiger partial charge in [-0.3, -0.25) is 0 Å². The minimum Gasteiger partial charge on any atom is -0.324 e. The van der Waals surface area contributed by atoms with Gasteiger partial charge in [0.1, 0.15) is 0 Å². The molecule has 0 aliphatic carbocycles. The summed E-state index contributed by atoms with van der Waals surface area (Å²) in [5.74, 6) is 0.413. The van der Waals surface area contributed by atoms with Crippen LogP contribution in [0.25, 0.3) is 0 Å². The topological polar surface area (TPSA) is 66.5 Å². The molecule has 0 saturated carbocycles. The molecule has 20 heavy (non-hydrogen) atoms. The average Bonchev–Trinajstić information content (AvgIpc) is 2.38. The molecule has 1 aliphatic rings. The van der Waals surface area contributed by atoms with Crippen molar-refractivity contribution in [3.8, 4) is 0 Å². The van der Waals surface area contributed by atoms with E-state index in [4.69, 9.17) is 0 Å². The van der Waals surface area contributed by atoms with Gasteiger partial charge in [-0.05, 0) is 37.8 Å². The van der Waals surface area contributed by atoms with Crippen molar-refractivity contribution < 1.29 is 13.2 Å². The highest BCUT2D eigenvalue weighted by atomic mass is 32.2. The zero-order chi connectivity index (χ0) is 14.8. The second kappa shape index (κ2) is 5.83. The van der Waals surface area contributed by atoms with Crippen molar-refractivity contribution in [2.45, 2.75) is 31.6 Å². The maximum absolute atomic E-state index is 12.1. The fourth-order valence-corrected chi connectivity index (χ4v) is 3.30. The quantitative estimate of drug-likeness (QED) is 0.909. The Bertz CT molecular complexity index is 581. The number of likely N-dealkylation sites (tertiary alicyclic amines) is 1. The van der Waals surface area contributed by atoms with Crippen LogP contribution in [-0.4, -0.2) is 32.4 Å². The van der Waals surface area contributed by atoms with E-state index in [1.54, 1.807) is 17.0 Å². The lowest BCUT2D eigenvalue weighted by atomic mass is 10.0. The Balaban J connectivity index is 2.08. The van der Waals surface area contributed by atoms with E-state index < -0.39 is 16.1 Å². The Kier molecular flexibility index (Phi) is 4.32. The number of nitrogens with one attached hydrogen (secondary N) is 1. The van der Waals surface area contributed by atoms with E-state index in [-0.39, 0.29) is 4.90 Å². The highest BCUT2D eigenvalue weighted by Crippen LogP contribution is 2.16. The monoisotopic (exact) mass is 296 g/mol. The second-order valence-corrected chi connectivity index (χ2v) is 7.10. The number of carbonyl (C=O) groups excluding carboxylic acids is 1. The molecule has 0 radical (unpaired) electrons. The molecule has 6 heteroatoms. The van der Waals surface area contributed by atoms with Crippen molar-refractivity contribution in [3.05, 3.63) is 29.8 Å². The standard InChI is InChI=1S/C14H20N2O3S/c1-11-5-7-13(8-6-11)20(18,19)15-14(17)16-9-3-4-12(2)10-16/h5-8,12H,3-4,9-10H2,1-2H3,(H,15,17)/t12-/m0/s1. The summed E-state index contributed by atoms with van der Waals surface area (Å²) in [5, 5.41) is 0. The van der Waals surface area contributed by atoms with Gasteiger partial charge in [0, 0.05) is 13.1 Å². The lowest BCUT2D eigenvalue weighted by molar-refractivity contribution is 0.175. The molecule has 1 atom stereocenters. The molecule has 0 unspecified atom stereocenters. The van der Waals surface area contributed by atoms with Crippen molar-refractivity contribution in [2.24, 2.45) is 5.92 Å². The largest absolute Gasteiger partial charge is 0.331 e.